The molecule has 24 nitrogen and oxygen atoms in total. The fourth-order valence-electron chi connectivity index (χ4n) is 6.94. The van der Waals surface area contributed by atoms with Gasteiger partial charge >= 0.3 is 47.5 Å². The van der Waals surface area contributed by atoms with Gasteiger partial charge in [-0.3, -0.25) is 42.9 Å². The monoisotopic (exact) mass is 904 g/mol. The first kappa shape index (κ1) is 49.9. The highest BCUT2D eigenvalue weighted by Gasteiger charge is 2.60. The smallest absolute Gasteiger partial charge is 0.366 e. The molecule has 3 heterocycles. The van der Waals surface area contributed by atoms with Gasteiger partial charge in [0.25, 0.3) is 11.7 Å². The van der Waals surface area contributed by atoms with Crippen molar-refractivity contribution >= 4 is 59.4 Å². The summed E-state index contributed by atoms with van der Waals surface area (Å²) < 4.78 is 57.2. The molecule has 24 heteroatoms. The molecule has 0 unspecified atom stereocenters. The highest BCUT2D eigenvalue weighted by molar-refractivity contribution is 6.03. The van der Waals surface area contributed by atoms with Crippen LogP contribution in [0.25, 0.3) is 0 Å². The van der Waals surface area contributed by atoms with Crippen molar-refractivity contribution in [3.05, 3.63) is 58.6 Å². The Hall–Kier alpha value is -6.79. The van der Waals surface area contributed by atoms with Crippen LogP contribution in [0.5, 0.6) is 0 Å². The first-order chi connectivity index (χ1) is 30.1. The largest absolute Gasteiger partial charge is 0.465 e. The summed E-state index contributed by atoms with van der Waals surface area (Å²) in [6, 6.07) is 7.77. The lowest BCUT2D eigenvalue weighted by Crippen LogP contribution is -2.69. The van der Waals surface area contributed by atoms with Crippen LogP contribution in [0.15, 0.2) is 47.4 Å². The van der Waals surface area contributed by atoms with E-state index >= 15 is 0 Å². The van der Waals surface area contributed by atoms with Crippen LogP contribution < -0.4 is 16.3 Å². The molecule has 64 heavy (non-hydrogen) atoms. The quantitative estimate of drug-likeness (QED) is 0.153. The van der Waals surface area contributed by atoms with Crippen LogP contribution in [0.4, 0.5) is 5.82 Å². The molecule has 1 aromatic carbocycles. The van der Waals surface area contributed by atoms with E-state index in [0.29, 0.717) is 0 Å². The Balaban J connectivity index is 1.80. The van der Waals surface area contributed by atoms with Crippen LogP contribution in [-0.2, 0) is 85.7 Å². The second-order valence-corrected chi connectivity index (χ2v) is 14.3. The topological polar surface area (TPSA) is 305 Å². The molecule has 2 N–H and O–H groups in total. The molecular formula is C40H48N4O20. The van der Waals surface area contributed by atoms with Gasteiger partial charge in [0, 0.05) is 60.2 Å². The first-order valence-corrected chi connectivity index (χ1v) is 19.4. The maximum Gasteiger partial charge on any atom is 0.366 e. The number of hydrogen-bond donors (Lipinski definition) is 2. The normalized spacial score (nSPS) is 24.7. The van der Waals surface area contributed by atoms with E-state index in [0.717, 1.165) is 66.3 Å². The van der Waals surface area contributed by atoms with E-state index in [2.05, 4.69) is 15.6 Å². The zero-order chi connectivity index (χ0) is 47.5. The summed E-state index contributed by atoms with van der Waals surface area (Å²) in [5.41, 5.74) is -0.757. The second-order valence-electron chi connectivity index (χ2n) is 14.3. The van der Waals surface area contributed by atoms with Crippen LogP contribution in [0.1, 0.15) is 71.5 Å². The van der Waals surface area contributed by atoms with Gasteiger partial charge in [-0.05, 0) is 18.2 Å². The zero-order valence-electron chi connectivity index (χ0n) is 35.9. The first-order valence-electron chi connectivity index (χ1n) is 19.4. The molecule has 0 aliphatic carbocycles. The molecule has 0 saturated carbocycles. The van der Waals surface area contributed by atoms with Gasteiger partial charge in [0.15, 0.2) is 30.6 Å². The number of rotatable bonds is 17. The molecule has 0 spiro atoms. The third-order valence-electron chi connectivity index (χ3n) is 9.25. The third kappa shape index (κ3) is 13.1. The van der Waals surface area contributed by atoms with E-state index in [4.69, 9.17) is 47.4 Å². The van der Waals surface area contributed by atoms with Gasteiger partial charge in [0.1, 0.15) is 30.7 Å². The molecule has 0 radical (unpaired) electrons. The van der Waals surface area contributed by atoms with Crippen LogP contribution in [-0.4, -0.2) is 138 Å². The summed E-state index contributed by atoms with van der Waals surface area (Å²) in [6.07, 6.45) is -13.0. The lowest BCUT2D eigenvalue weighted by Gasteiger charge is -2.48. The Kier molecular flexibility index (Phi) is 17.2. The van der Waals surface area contributed by atoms with Crippen molar-refractivity contribution in [3.8, 4) is 0 Å². The minimum atomic E-state index is -2.73. The third-order valence-corrected chi connectivity index (χ3v) is 9.25. The number of anilines is 1. The molecule has 2 fully saturated rings. The van der Waals surface area contributed by atoms with Crippen molar-refractivity contribution in [1.82, 2.24) is 14.9 Å². The number of nitrogens with zero attached hydrogens (tertiary/aromatic N) is 2. The molecule has 4 rings (SSSR count). The summed E-state index contributed by atoms with van der Waals surface area (Å²) in [7, 11) is 0.935. The molecule has 10 atom stereocenters. The number of carbonyl (C=O) groups is 9. The van der Waals surface area contributed by atoms with Gasteiger partial charge in [0.2, 0.25) is 5.91 Å². The van der Waals surface area contributed by atoms with Crippen molar-refractivity contribution in [1.29, 1.82) is 0 Å². The van der Waals surface area contributed by atoms with Crippen molar-refractivity contribution in [2.24, 2.45) is 0 Å². The SMILES string of the molecule is COC(=O)[C@@]1(OC[C@H]2O[C@@H](n3ccc(NC(=O)c4ccccc4)nc3=O)[C@H](OC(C)=O)[C@@H]2OC(C)=O)C[C@H](OC(C)=O)[C@@H](NC(C)=O)[C@H]([C@H](OC(C)=O)[C@@H](COC(C)=O)OC(C)=O)O1. The molecule has 2 aliphatic rings. The van der Waals surface area contributed by atoms with Gasteiger partial charge in [-0.15, -0.1) is 0 Å². The summed E-state index contributed by atoms with van der Waals surface area (Å²) in [5.74, 6) is -11.1. The number of hydrogen-bond acceptors (Lipinski definition) is 21. The lowest BCUT2D eigenvalue weighted by molar-refractivity contribution is -0.319. The number of carbonyl (C=O) groups excluding carboxylic acids is 9. The fraction of sp³-hybridized carbons (Fsp3) is 0.525. The molecule has 348 valence electrons. The average molecular weight is 905 g/mol. The van der Waals surface area contributed by atoms with Gasteiger partial charge in [0.05, 0.1) is 26.2 Å². The van der Waals surface area contributed by atoms with Gasteiger partial charge < -0.3 is 58.0 Å². The predicted molar refractivity (Wildman–Crippen MR) is 209 cm³/mol. The predicted octanol–water partition coefficient (Wildman–Crippen LogP) is -0.206. The maximum absolute atomic E-state index is 14.0. The van der Waals surface area contributed by atoms with Crippen molar-refractivity contribution in [3.63, 3.8) is 0 Å². The molecule has 2 saturated heterocycles. The van der Waals surface area contributed by atoms with Gasteiger partial charge in [-0.2, -0.15) is 4.98 Å². The molecule has 2 amide bonds. The Morgan fingerprint density at radius 1 is 0.812 bits per heavy atom. The summed E-state index contributed by atoms with van der Waals surface area (Å²) in [4.78, 5) is 131. The highest BCUT2D eigenvalue weighted by atomic mass is 16.8. The Morgan fingerprint density at radius 3 is 1.98 bits per heavy atom. The van der Waals surface area contributed by atoms with Gasteiger partial charge in [-0.25, -0.2) is 9.59 Å². The Labute approximate surface area is 364 Å². The minimum absolute atomic E-state index is 0.159. The number of nitrogens with one attached hydrogen (secondary N) is 2. The number of benzene rings is 1. The van der Waals surface area contributed by atoms with E-state index in [9.17, 15) is 47.9 Å². The highest BCUT2D eigenvalue weighted by Crippen LogP contribution is 2.39. The molecular weight excluding hydrogens is 856 g/mol. The number of ether oxygens (including phenoxy) is 10. The van der Waals surface area contributed by atoms with Crippen LogP contribution in [0, 0.1) is 0 Å². The Bertz CT molecular complexity index is 2150. The van der Waals surface area contributed by atoms with E-state index in [1.807, 2.05) is 0 Å². The molecule has 2 aliphatic heterocycles. The van der Waals surface area contributed by atoms with E-state index in [1.54, 1.807) is 18.2 Å². The number of esters is 7. The molecule has 0 bridgehead atoms. The standard InChI is InChI=1S/C40H48N4O20/c1-19(45)41-31-27(58-21(3)47)16-40(38(53)55-8,64-34(31)32(60-23(5)49)28(59-22(4)48)17-56-20(2)46)57-18-29-33(61-24(6)50)35(62-25(7)51)37(63-29)44-15-14-30(43-39(44)54)42-36(52)26-12-10-9-11-13-26/h9-15,27-29,31-35,37H,16-18H2,1-8H3,(H,41,45)(H,42,43,52,54)/t27-,28+,29+,31+,32+,33+,34+,35+,37+,40+/m0/s1. The van der Waals surface area contributed by atoms with Crippen molar-refractivity contribution in [2.45, 2.75) is 116 Å². The van der Waals surface area contributed by atoms with Gasteiger partial charge in [-0.1, -0.05) is 18.2 Å². The van der Waals surface area contributed by atoms with Crippen molar-refractivity contribution < 1.29 is 90.5 Å². The van der Waals surface area contributed by atoms with Crippen LogP contribution in [0.2, 0.25) is 0 Å². The maximum atomic E-state index is 14.0. The second kappa shape index (κ2) is 22.0. The fourth-order valence-corrected chi connectivity index (χ4v) is 6.94. The summed E-state index contributed by atoms with van der Waals surface area (Å²) >= 11 is 0. The summed E-state index contributed by atoms with van der Waals surface area (Å²) in [6.45, 7) is 5.53. The van der Waals surface area contributed by atoms with Crippen LogP contribution >= 0.6 is 0 Å². The summed E-state index contributed by atoms with van der Waals surface area (Å²) in [5, 5.41) is 5.02. The number of aromatic nitrogens is 2. The number of amides is 2. The van der Waals surface area contributed by atoms with E-state index in [-0.39, 0.29) is 11.4 Å². The number of methoxy groups -OCH3 is 1. The lowest BCUT2D eigenvalue weighted by atomic mass is 9.88. The van der Waals surface area contributed by atoms with E-state index < -0.39 is 140 Å². The molecule has 1 aromatic heterocycles. The van der Waals surface area contributed by atoms with Crippen molar-refractivity contribution in [2.75, 3.05) is 25.6 Å². The van der Waals surface area contributed by atoms with E-state index in [1.165, 1.54) is 18.2 Å². The average Bonchev–Trinajstić information content (AvgIpc) is 3.52. The zero-order valence-corrected chi connectivity index (χ0v) is 35.9. The van der Waals surface area contributed by atoms with Crippen LogP contribution in [0.3, 0.4) is 0 Å². The molecule has 2 aromatic rings. The Morgan fingerprint density at radius 2 is 1.44 bits per heavy atom. The minimum Gasteiger partial charge on any atom is -0.465 e.